The first-order valence-electron chi connectivity index (χ1n) is 7.11. The van der Waals surface area contributed by atoms with E-state index in [2.05, 4.69) is 5.73 Å². The molecule has 0 N–H and O–H groups in total. The predicted molar refractivity (Wildman–Crippen MR) is 74.3 cm³/mol. The van der Waals surface area contributed by atoms with E-state index in [1.54, 1.807) is 0 Å². The molecule has 102 valence electrons. The van der Waals surface area contributed by atoms with E-state index < -0.39 is 5.60 Å². The number of rotatable bonds is 4. The number of hydrogen-bond acceptors (Lipinski definition) is 2. The van der Waals surface area contributed by atoms with Crippen LogP contribution in [0.2, 0.25) is 0 Å². The second kappa shape index (κ2) is 7.43. The van der Waals surface area contributed by atoms with Gasteiger partial charge in [-0.2, -0.15) is 0 Å². The zero-order chi connectivity index (χ0) is 13.4. The SMILES string of the molecule is CC(C)(C)OC(=O)C=C=CCCC1CCCCC1. The van der Waals surface area contributed by atoms with Gasteiger partial charge in [0.2, 0.25) is 0 Å². The first-order valence-corrected chi connectivity index (χ1v) is 7.11. The Kier molecular flexibility index (Phi) is 6.21. The third kappa shape index (κ3) is 7.34. The molecule has 0 aromatic carbocycles. The number of carbonyl (C=O) groups is 1. The van der Waals surface area contributed by atoms with Crippen molar-refractivity contribution >= 4 is 5.97 Å². The van der Waals surface area contributed by atoms with Crippen LogP contribution in [0.1, 0.15) is 65.7 Å². The molecule has 0 aromatic rings. The minimum Gasteiger partial charge on any atom is -0.456 e. The summed E-state index contributed by atoms with van der Waals surface area (Å²) in [6, 6.07) is 0. The molecule has 2 nitrogen and oxygen atoms in total. The summed E-state index contributed by atoms with van der Waals surface area (Å²) in [6.07, 6.45) is 12.5. The molecule has 18 heavy (non-hydrogen) atoms. The molecule has 0 aliphatic heterocycles. The molecular formula is C16H26O2. The average molecular weight is 250 g/mol. The molecular weight excluding hydrogens is 224 g/mol. The van der Waals surface area contributed by atoms with Crippen molar-refractivity contribution < 1.29 is 9.53 Å². The Bertz CT molecular complexity index is 310. The van der Waals surface area contributed by atoms with Crippen LogP contribution < -0.4 is 0 Å². The second-order valence-electron chi connectivity index (χ2n) is 6.13. The van der Waals surface area contributed by atoms with Crippen LogP contribution in [0.3, 0.4) is 0 Å². The van der Waals surface area contributed by atoms with Crippen molar-refractivity contribution in [1.29, 1.82) is 0 Å². The fourth-order valence-electron chi connectivity index (χ4n) is 2.34. The van der Waals surface area contributed by atoms with Crippen LogP contribution >= 0.6 is 0 Å². The quantitative estimate of drug-likeness (QED) is 0.420. The van der Waals surface area contributed by atoms with Crippen molar-refractivity contribution in [1.82, 2.24) is 0 Å². The van der Waals surface area contributed by atoms with Crippen molar-refractivity contribution in [3.8, 4) is 0 Å². The second-order valence-corrected chi connectivity index (χ2v) is 6.13. The Balaban J connectivity index is 2.20. The molecule has 1 fully saturated rings. The number of ether oxygens (including phenoxy) is 1. The average Bonchev–Trinajstić information content (AvgIpc) is 2.27. The molecule has 0 saturated heterocycles. The van der Waals surface area contributed by atoms with Gasteiger partial charge in [-0.15, -0.1) is 5.73 Å². The highest BCUT2D eigenvalue weighted by Gasteiger charge is 2.14. The van der Waals surface area contributed by atoms with Crippen molar-refractivity contribution in [3.63, 3.8) is 0 Å². The smallest absolute Gasteiger partial charge is 0.339 e. The molecule has 1 aliphatic rings. The van der Waals surface area contributed by atoms with E-state index in [0.717, 1.165) is 12.3 Å². The van der Waals surface area contributed by atoms with Crippen LogP contribution in [-0.2, 0) is 9.53 Å². The van der Waals surface area contributed by atoms with Crippen molar-refractivity contribution in [2.75, 3.05) is 0 Å². The van der Waals surface area contributed by atoms with E-state index in [4.69, 9.17) is 4.74 Å². The topological polar surface area (TPSA) is 26.3 Å². The van der Waals surface area contributed by atoms with Crippen LogP contribution in [0.15, 0.2) is 17.9 Å². The largest absolute Gasteiger partial charge is 0.456 e. The standard InChI is InChI=1S/C16H26O2/c1-16(2,3)18-15(17)13-9-5-8-12-14-10-6-4-7-11-14/h5,13-14H,4,6-8,10-12H2,1-3H3. The van der Waals surface area contributed by atoms with Gasteiger partial charge in [-0.05, 0) is 45.6 Å². The van der Waals surface area contributed by atoms with Gasteiger partial charge in [0.15, 0.2) is 0 Å². The van der Waals surface area contributed by atoms with Gasteiger partial charge >= 0.3 is 5.97 Å². The molecule has 0 spiro atoms. The van der Waals surface area contributed by atoms with Gasteiger partial charge in [-0.3, -0.25) is 0 Å². The molecule has 2 heteroatoms. The van der Waals surface area contributed by atoms with E-state index in [9.17, 15) is 4.79 Å². The molecule has 1 rings (SSSR count). The van der Waals surface area contributed by atoms with Crippen molar-refractivity contribution in [2.24, 2.45) is 5.92 Å². The molecule has 0 amide bonds. The first kappa shape index (κ1) is 15.0. The number of esters is 1. The highest BCUT2D eigenvalue weighted by Crippen LogP contribution is 2.27. The molecule has 0 heterocycles. The lowest BCUT2D eigenvalue weighted by Gasteiger charge is -2.20. The third-order valence-corrected chi connectivity index (χ3v) is 3.17. The van der Waals surface area contributed by atoms with E-state index in [1.165, 1.54) is 44.6 Å². The Morgan fingerprint density at radius 1 is 1.28 bits per heavy atom. The van der Waals surface area contributed by atoms with Gasteiger partial charge in [-0.25, -0.2) is 4.79 Å². The zero-order valence-corrected chi connectivity index (χ0v) is 12.0. The highest BCUT2D eigenvalue weighted by molar-refractivity contribution is 5.82. The summed E-state index contributed by atoms with van der Waals surface area (Å²) < 4.78 is 5.16. The third-order valence-electron chi connectivity index (χ3n) is 3.17. The van der Waals surface area contributed by atoms with Gasteiger partial charge in [0.1, 0.15) is 5.60 Å². The minimum absolute atomic E-state index is 0.309. The Labute approximate surface area is 111 Å². The summed E-state index contributed by atoms with van der Waals surface area (Å²) in [5.41, 5.74) is 2.50. The maximum absolute atomic E-state index is 11.4. The Morgan fingerprint density at radius 3 is 2.56 bits per heavy atom. The molecule has 0 radical (unpaired) electrons. The van der Waals surface area contributed by atoms with Gasteiger partial charge in [-0.1, -0.05) is 32.1 Å². The van der Waals surface area contributed by atoms with Crippen LogP contribution in [0.25, 0.3) is 0 Å². The van der Waals surface area contributed by atoms with Gasteiger partial charge in [0, 0.05) is 0 Å². The fourth-order valence-corrected chi connectivity index (χ4v) is 2.34. The Morgan fingerprint density at radius 2 is 1.94 bits per heavy atom. The Hall–Kier alpha value is -1.01. The van der Waals surface area contributed by atoms with Crippen molar-refractivity contribution in [3.05, 3.63) is 17.9 Å². The van der Waals surface area contributed by atoms with Gasteiger partial charge in [0.05, 0.1) is 6.08 Å². The molecule has 0 bridgehead atoms. The van der Waals surface area contributed by atoms with Crippen LogP contribution in [0.5, 0.6) is 0 Å². The minimum atomic E-state index is -0.419. The summed E-state index contributed by atoms with van der Waals surface area (Å²) in [5, 5.41) is 0. The van der Waals surface area contributed by atoms with E-state index in [1.807, 2.05) is 26.8 Å². The molecule has 1 aliphatic carbocycles. The van der Waals surface area contributed by atoms with E-state index >= 15 is 0 Å². The van der Waals surface area contributed by atoms with Gasteiger partial charge < -0.3 is 4.74 Å². The molecule has 0 unspecified atom stereocenters. The monoisotopic (exact) mass is 250 g/mol. The van der Waals surface area contributed by atoms with Crippen LogP contribution in [0, 0.1) is 5.92 Å². The van der Waals surface area contributed by atoms with E-state index in [-0.39, 0.29) is 5.97 Å². The van der Waals surface area contributed by atoms with Crippen LogP contribution in [0.4, 0.5) is 0 Å². The molecule has 0 atom stereocenters. The predicted octanol–water partition coefficient (Wildman–Crippen LogP) is 4.40. The molecule has 0 aromatic heterocycles. The summed E-state index contributed by atoms with van der Waals surface area (Å²) in [5.74, 6) is 0.578. The maximum Gasteiger partial charge on any atom is 0.339 e. The zero-order valence-electron chi connectivity index (χ0n) is 12.0. The fraction of sp³-hybridized carbons (Fsp3) is 0.750. The van der Waals surface area contributed by atoms with Crippen molar-refractivity contribution in [2.45, 2.75) is 71.3 Å². The lowest BCUT2D eigenvalue weighted by Crippen LogP contribution is -2.22. The first-order chi connectivity index (χ1) is 8.47. The van der Waals surface area contributed by atoms with Gasteiger partial charge in [0.25, 0.3) is 0 Å². The lowest BCUT2D eigenvalue weighted by molar-refractivity contribution is -0.148. The molecule has 1 saturated carbocycles. The summed E-state index contributed by atoms with van der Waals surface area (Å²) in [7, 11) is 0. The highest BCUT2D eigenvalue weighted by atomic mass is 16.6. The number of hydrogen-bond donors (Lipinski definition) is 0. The van der Waals surface area contributed by atoms with Crippen LogP contribution in [-0.4, -0.2) is 11.6 Å². The summed E-state index contributed by atoms with van der Waals surface area (Å²) >= 11 is 0. The van der Waals surface area contributed by atoms with E-state index in [0.29, 0.717) is 0 Å². The summed E-state index contributed by atoms with van der Waals surface area (Å²) in [6.45, 7) is 5.60. The normalized spacial score (nSPS) is 16.8. The number of carbonyl (C=O) groups excluding carboxylic acids is 1. The lowest BCUT2D eigenvalue weighted by atomic mass is 9.86. The maximum atomic E-state index is 11.4. The summed E-state index contributed by atoms with van der Waals surface area (Å²) in [4.78, 5) is 11.4.